The molecule has 0 bridgehead atoms. The summed E-state index contributed by atoms with van der Waals surface area (Å²) < 4.78 is 5.89. The monoisotopic (exact) mass is 293 g/mol. The summed E-state index contributed by atoms with van der Waals surface area (Å²) in [6.07, 6.45) is 1.83. The number of carbonyl (C=O) groups excluding carboxylic acids is 1. The number of nitrogens with zero attached hydrogens (tertiary/aromatic N) is 1. The largest absolute Gasteiger partial charge is 0.496 e. The second-order valence-electron chi connectivity index (χ2n) is 4.39. The minimum atomic E-state index is -0.0316. The third-order valence-electron chi connectivity index (χ3n) is 2.77. The van der Waals surface area contributed by atoms with Crippen LogP contribution in [0, 0.1) is 0 Å². The Kier molecular flexibility index (Phi) is 4.27. The van der Waals surface area contributed by atoms with Crippen LogP contribution in [0.25, 0.3) is 6.08 Å². The molecule has 1 aliphatic heterocycles. The number of hydrogen-bond acceptors (Lipinski definition) is 4. The van der Waals surface area contributed by atoms with Crippen molar-refractivity contribution >= 4 is 40.3 Å². The lowest BCUT2D eigenvalue weighted by molar-refractivity contribution is -0.123. The number of para-hydroxylation sites is 1. The Balaban J connectivity index is 2.35. The second kappa shape index (κ2) is 5.75. The number of amides is 1. The van der Waals surface area contributed by atoms with Crippen molar-refractivity contribution in [2.45, 2.75) is 19.9 Å². The maximum Gasteiger partial charge on any atom is 0.266 e. The van der Waals surface area contributed by atoms with Gasteiger partial charge >= 0.3 is 0 Å². The zero-order valence-electron chi connectivity index (χ0n) is 11.0. The highest BCUT2D eigenvalue weighted by Gasteiger charge is 2.33. The molecule has 1 saturated heterocycles. The van der Waals surface area contributed by atoms with Crippen LogP contribution in [0.2, 0.25) is 0 Å². The number of thiocarbonyl (C=S) groups is 1. The van der Waals surface area contributed by atoms with Crippen LogP contribution in [-0.4, -0.2) is 28.3 Å². The highest BCUT2D eigenvalue weighted by Crippen LogP contribution is 2.35. The third kappa shape index (κ3) is 2.82. The molecule has 0 radical (unpaired) electrons. The fraction of sp³-hybridized carbons (Fsp3) is 0.286. The van der Waals surface area contributed by atoms with Gasteiger partial charge in [0.15, 0.2) is 0 Å². The molecule has 5 heteroatoms. The molecule has 100 valence electrons. The summed E-state index contributed by atoms with van der Waals surface area (Å²) in [6.45, 7) is 3.91. The quantitative estimate of drug-likeness (QED) is 0.632. The molecule has 1 heterocycles. The number of benzene rings is 1. The number of carbonyl (C=O) groups is 1. The average Bonchev–Trinajstić information content (AvgIpc) is 2.65. The second-order valence-corrected chi connectivity index (χ2v) is 6.06. The van der Waals surface area contributed by atoms with E-state index in [1.54, 1.807) is 12.0 Å². The summed E-state index contributed by atoms with van der Waals surface area (Å²) in [4.78, 5) is 14.6. The minimum absolute atomic E-state index is 0.0316. The molecule has 1 fully saturated rings. The third-order valence-corrected chi connectivity index (χ3v) is 4.10. The maximum atomic E-state index is 12.3. The fourth-order valence-corrected chi connectivity index (χ4v) is 3.37. The molecule has 0 saturated carbocycles. The summed E-state index contributed by atoms with van der Waals surface area (Å²) in [6, 6.07) is 7.68. The molecule has 0 unspecified atom stereocenters. The van der Waals surface area contributed by atoms with E-state index < -0.39 is 0 Å². The van der Waals surface area contributed by atoms with Crippen LogP contribution in [0.15, 0.2) is 29.2 Å². The van der Waals surface area contributed by atoms with Gasteiger partial charge in [0.1, 0.15) is 10.1 Å². The molecule has 2 rings (SSSR count). The van der Waals surface area contributed by atoms with Crippen molar-refractivity contribution in [3.63, 3.8) is 0 Å². The molecule has 1 amide bonds. The Hall–Kier alpha value is -1.33. The van der Waals surface area contributed by atoms with Crippen LogP contribution in [-0.2, 0) is 4.79 Å². The number of thioether (sulfide) groups is 1. The standard InChI is InChI=1S/C14H15NO2S2/c1-9(2)15-13(16)12(19-14(15)18)8-10-6-4-5-7-11(10)17-3/h4-9H,1-3H3/b12-8-. The first-order valence-electron chi connectivity index (χ1n) is 5.94. The van der Waals surface area contributed by atoms with Crippen molar-refractivity contribution in [2.24, 2.45) is 0 Å². The molecule has 0 spiro atoms. The molecule has 19 heavy (non-hydrogen) atoms. The first-order valence-corrected chi connectivity index (χ1v) is 7.17. The van der Waals surface area contributed by atoms with Crippen molar-refractivity contribution in [3.8, 4) is 5.75 Å². The van der Waals surface area contributed by atoms with E-state index in [9.17, 15) is 4.79 Å². The molecule has 0 N–H and O–H groups in total. The van der Waals surface area contributed by atoms with Crippen LogP contribution in [0.3, 0.4) is 0 Å². The van der Waals surface area contributed by atoms with Gasteiger partial charge in [-0.25, -0.2) is 0 Å². The van der Waals surface area contributed by atoms with Crippen LogP contribution >= 0.6 is 24.0 Å². The van der Waals surface area contributed by atoms with E-state index in [1.165, 1.54) is 11.8 Å². The van der Waals surface area contributed by atoms with E-state index in [2.05, 4.69) is 0 Å². The van der Waals surface area contributed by atoms with E-state index in [-0.39, 0.29) is 11.9 Å². The highest BCUT2D eigenvalue weighted by molar-refractivity contribution is 8.26. The fourth-order valence-electron chi connectivity index (χ4n) is 1.85. The molecule has 1 aliphatic rings. The first-order chi connectivity index (χ1) is 9.04. The zero-order chi connectivity index (χ0) is 14.0. The van der Waals surface area contributed by atoms with Gasteiger partial charge in [0.25, 0.3) is 5.91 Å². The zero-order valence-corrected chi connectivity index (χ0v) is 12.7. The lowest BCUT2D eigenvalue weighted by Gasteiger charge is -2.18. The van der Waals surface area contributed by atoms with E-state index in [0.29, 0.717) is 9.23 Å². The Morgan fingerprint density at radius 2 is 2.05 bits per heavy atom. The number of hydrogen-bond donors (Lipinski definition) is 0. The number of rotatable bonds is 3. The predicted molar refractivity (Wildman–Crippen MR) is 83.1 cm³/mol. The van der Waals surface area contributed by atoms with E-state index in [0.717, 1.165) is 11.3 Å². The van der Waals surface area contributed by atoms with E-state index >= 15 is 0 Å². The summed E-state index contributed by atoms with van der Waals surface area (Å²) in [5.74, 6) is 0.716. The van der Waals surface area contributed by atoms with Crippen LogP contribution in [0.1, 0.15) is 19.4 Å². The maximum absolute atomic E-state index is 12.3. The molecule has 3 nitrogen and oxygen atoms in total. The van der Waals surface area contributed by atoms with Gasteiger partial charge in [-0.15, -0.1) is 0 Å². The Bertz CT molecular complexity index is 552. The highest BCUT2D eigenvalue weighted by atomic mass is 32.2. The molecule has 0 aliphatic carbocycles. The van der Waals surface area contributed by atoms with Crippen molar-refractivity contribution in [1.82, 2.24) is 4.90 Å². The molecule has 0 aromatic heterocycles. The van der Waals surface area contributed by atoms with E-state index in [1.807, 2.05) is 44.2 Å². The first kappa shape index (κ1) is 14.1. The normalized spacial score (nSPS) is 17.7. The molecular formula is C14H15NO2S2. The van der Waals surface area contributed by atoms with Gasteiger partial charge in [-0.3, -0.25) is 9.69 Å². The average molecular weight is 293 g/mol. The van der Waals surface area contributed by atoms with Gasteiger partial charge in [-0.05, 0) is 26.0 Å². The minimum Gasteiger partial charge on any atom is -0.496 e. The van der Waals surface area contributed by atoms with Crippen molar-refractivity contribution < 1.29 is 9.53 Å². The van der Waals surface area contributed by atoms with Gasteiger partial charge < -0.3 is 4.74 Å². The van der Waals surface area contributed by atoms with Gasteiger partial charge in [-0.2, -0.15) is 0 Å². The lowest BCUT2D eigenvalue weighted by atomic mass is 10.2. The van der Waals surface area contributed by atoms with Crippen molar-refractivity contribution in [3.05, 3.63) is 34.7 Å². The lowest BCUT2D eigenvalue weighted by Crippen LogP contribution is -2.34. The predicted octanol–water partition coefficient (Wildman–Crippen LogP) is 3.30. The van der Waals surface area contributed by atoms with Gasteiger partial charge in [0.05, 0.1) is 12.0 Å². The SMILES string of the molecule is COc1ccccc1/C=C1\SC(=S)N(C(C)C)C1=O. The van der Waals surface area contributed by atoms with E-state index in [4.69, 9.17) is 17.0 Å². The summed E-state index contributed by atoms with van der Waals surface area (Å²) in [7, 11) is 1.62. The van der Waals surface area contributed by atoms with Crippen molar-refractivity contribution in [2.75, 3.05) is 7.11 Å². The number of methoxy groups -OCH3 is 1. The topological polar surface area (TPSA) is 29.5 Å². The Labute approximate surface area is 122 Å². The summed E-state index contributed by atoms with van der Waals surface area (Å²) in [5.41, 5.74) is 0.884. The Morgan fingerprint density at radius 1 is 1.37 bits per heavy atom. The molecular weight excluding hydrogens is 278 g/mol. The van der Waals surface area contributed by atoms with Gasteiger partial charge in [-0.1, -0.05) is 42.2 Å². The van der Waals surface area contributed by atoms with Gasteiger partial charge in [0.2, 0.25) is 0 Å². The van der Waals surface area contributed by atoms with Crippen LogP contribution < -0.4 is 4.74 Å². The smallest absolute Gasteiger partial charge is 0.266 e. The van der Waals surface area contributed by atoms with Crippen LogP contribution in [0.5, 0.6) is 5.75 Å². The van der Waals surface area contributed by atoms with Gasteiger partial charge in [0, 0.05) is 11.6 Å². The molecule has 0 atom stereocenters. The van der Waals surface area contributed by atoms with Crippen molar-refractivity contribution in [1.29, 1.82) is 0 Å². The Morgan fingerprint density at radius 3 is 2.63 bits per heavy atom. The number of ether oxygens (including phenoxy) is 1. The summed E-state index contributed by atoms with van der Waals surface area (Å²) in [5, 5.41) is 0. The van der Waals surface area contributed by atoms with Crippen LogP contribution in [0.4, 0.5) is 0 Å². The molecule has 1 aromatic rings. The molecule has 1 aromatic carbocycles. The summed E-state index contributed by atoms with van der Waals surface area (Å²) >= 11 is 6.58.